The fourth-order valence-electron chi connectivity index (χ4n) is 2.76. The van der Waals surface area contributed by atoms with Gasteiger partial charge in [0.05, 0.1) is 20.3 Å². The summed E-state index contributed by atoms with van der Waals surface area (Å²) in [5, 5.41) is 0. The summed E-state index contributed by atoms with van der Waals surface area (Å²) < 4.78 is 10.5. The maximum Gasteiger partial charge on any atom is 0.320 e. The van der Waals surface area contributed by atoms with E-state index in [-0.39, 0.29) is 5.97 Å². The smallest absolute Gasteiger partial charge is 0.320 e. The van der Waals surface area contributed by atoms with Gasteiger partial charge in [-0.1, -0.05) is 25.5 Å². The predicted octanol–water partition coefficient (Wildman–Crippen LogP) is 3.18. The molecule has 0 aromatic heterocycles. The van der Waals surface area contributed by atoms with E-state index < -0.39 is 0 Å². The van der Waals surface area contributed by atoms with Gasteiger partial charge >= 0.3 is 5.97 Å². The van der Waals surface area contributed by atoms with Crippen LogP contribution < -0.4 is 4.74 Å². The number of carbonyl (C=O) groups excluding carboxylic acids is 1. The lowest BCUT2D eigenvalue weighted by atomic mass is 10.0. The third kappa shape index (κ3) is 4.46. The van der Waals surface area contributed by atoms with Crippen LogP contribution in [-0.2, 0) is 9.53 Å². The number of rotatable bonds is 7. The first-order valence-corrected chi connectivity index (χ1v) is 7.78. The average Bonchev–Trinajstić information content (AvgIpc) is 2.95. The van der Waals surface area contributed by atoms with Gasteiger partial charge in [0.25, 0.3) is 0 Å². The molecule has 1 atom stereocenters. The molecule has 0 aliphatic carbocycles. The average molecular weight is 291 g/mol. The Morgan fingerprint density at radius 3 is 2.76 bits per heavy atom. The van der Waals surface area contributed by atoms with Crippen molar-refractivity contribution in [1.82, 2.24) is 4.90 Å². The SMILES string of the molecule is CCCCOC(=O)CN1CCCC1c1ccc(OC)cc1. The second-order valence-corrected chi connectivity index (χ2v) is 5.48. The topological polar surface area (TPSA) is 38.8 Å². The van der Waals surface area contributed by atoms with Crippen LogP contribution in [-0.4, -0.2) is 37.7 Å². The zero-order valence-corrected chi connectivity index (χ0v) is 13.0. The van der Waals surface area contributed by atoms with Crippen LogP contribution in [0.3, 0.4) is 0 Å². The summed E-state index contributed by atoms with van der Waals surface area (Å²) in [7, 11) is 1.67. The molecule has 4 heteroatoms. The Labute approximate surface area is 127 Å². The fourth-order valence-corrected chi connectivity index (χ4v) is 2.76. The lowest BCUT2D eigenvalue weighted by Crippen LogP contribution is -2.30. The van der Waals surface area contributed by atoms with Gasteiger partial charge in [0.2, 0.25) is 0 Å². The van der Waals surface area contributed by atoms with Crippen LogP contribution in [0.2, 0.25) is 0 Å². The van der Waals surface area contributed by atoms with E-state index in [1.165, 1.54) is 5.56 Å². The molecule has 0 bridgehead atoms. The Morgan fingerprint density at radius 2 is 2.10 bits per heavy atom. The molecule has 21 heavy (non-hydrogen) atoms. The molecular formula is C17H25NO3. The Balaban J connectivity index is 1.91. The summed E-state index contributed by atoms with van der Waals surface area (Å²) in [6.45, 7) is 3.98. The van der Waals surface area contributed by atoms with Gasteiger partial charge in [-0.15, -0.1) is 0 Å². The Bertz CT molecular complexity index is 444. The minimum Gasteiger partial charge on any atom is -0.497 e. The molecule has 1 aromatic rings. The fraction of sp³-hybridized carbons (Fsp3) is 0.588. The Kier molecular flexibility index (Phi) is 6.05. The van der Waals surface area contributed by atoms with Gasteiger partial charge < -0.3 is 9.47 Å². The summed E-state index contributed by atoms with van der Waals surface area (Å²) >= 11 is 0. The van der Waals surface area contributed by atoms with Crippen molar-refractivity contribution in [1.29, 1.82) is 0 Å². The quantitative estimate of drug-likeness (QED) is 0.571. The van der Waals surface area contributed by atoms with Gasteiger partial charge in [-0.3, -0.25) is 9.69 Å². The first kappa shape index (κ1) is 15.8. The first-order chi connectivity index (χ1) is 10.2. The summed E-state index contributed by atoms with van der Waals surface area (Å²) in [6, 6.07) is 8.44. The summed E-state index contributed by atoms with van der Waals surface area (Å²) in [4.78, 5) is 14.1. The maximum absolute atomic E-state index is 11.9. The molecule has 116 valence electrons. The molecule has 4 nitrogen and oxygen atoms in total. The number of unbranched alkanes of at least 4 members (excludes halogenated alkanes) is 1. The number of likely N-dealkylation sites (tertiary alicyclic amines) is 1. The van der Waals surface area contributed by atoms with Crippen molar-refractivity contribution in [3.63, 3.8) is 0 Å². The van der Waals surface area contributed by atoms with E-state index in [9.17, 15) is 4.79 Å². The van der Waals surface area contributed by atoms with E-state index in [0.717, 1.165) is 38.0 Å². The zero-order chi connectivity index (χ0) is 15.1. The van der Waals surface area contributed by atoms with Crippen LogP contribution in [0.4, 0.5) is 0 Å². The number of esters is 1. The number of hydrogen-bond acceptors (Lipinski definition) is 4. The molecule has 1 aromatic carbocycles. The molecule has 0 N–H and O–H groups in total. The molecule has 0 saturated carbocycles. The third-order valence-corrected chi connectivity index (χ3v) is 3.96. The number of carbonyl (C=O) groups is 1. The molecule has 0 spiro atoms. The lowest BCUT2D eigenvalue weighted by Gasteiger charge is -2.24. The van der Waals surface area contributed by atoms with Crippen LogP contribution in [0, 0.1) is 0 Å². The molecule has 1 aliphatic heterocycles. The van der Waals surface area contributed by atoms with Crippen molar-refractivity contribution >= 4 is 5.97 Å². The molecule has 0 radical (unpaired) electrons. The highest BCUT2D eigenvalue weighted by atomic mass is 16.5. The molecule has 1 heterocycles. The molecular weight excluding hydrogens is 266 g/mol. The molecule has 1 saturated heterocycles. The molecule has 0 amide bonds. The van der Waals surface area contributed by atoms with Crippen LogP contribution in [0.1, 0.15) is 44.2 Å². The van der Waals surface area contributed by atoms with Gasteiger partial charge in [0.15, 0.2) is 0 Å². The standard InChI is InChI=1S/C17H25NO3/c1-3-4-12-21-17(19)13-18-11-5-6-16(18)14-7-9-15(20-2)10-8-14/h7-10,16H,3-6,11-13H2,1-2H3. The van der Waals surface area contributed by atoms with Crippen molar-refractivity contribution in [2.75, 3.05) is 26.8 Å². The van der Waals surface area contributed by atoms with Crippen LogP contribution >= 0.6 is 0 Å². The minimum absolute atomic E-state index is 0.108. The number of benzene rings is 1. The van der Waals surface area contributed by atoms with Crippen LogP contribution in [0.5, 0.6) is 5.75 Å². The normalized spacial score (nSPS) is 18.7. The third-order valence-electron chi connectivity index (χ3n) is 3.96. The second kappa shape index (κ2) is 8.03. The Morgan fingerprint density at radius 1 is 1.33 bits per heavy atom. The second-order valence-electron chi connectivity index (χ2n) is 5.48. The van der Waals surface area contributed by atoms with E-state index in [2.05, 4.69) is 24.0 Å². The van der Waals surface area contributed by atoms with Gasteiger partial charge in [-0.05, 0) is 43.5 Å². The monoisotopic (exact) mass is 291 g/mol. The van der Waals surface area contributed by atoms with Crippen LogP contribution in [0.25, 0.3) is 0 Å². The highest BCUT2D eigenvalue weighted by Crippen LogP contribution is 2.32. The number of nitrogens with zero attached hydrogens (tertiary/aromatic N) is 1. The van der Waals surface area contributed by atoms with Gasteiger partial charge in [-0.25, -0.2) is 0 Å². The predicted molar refractivity (Wildman–Crippen MR) is 82.4 cm³/mol. The molecule has 2 rings (SSSR count). The molecule has 1 aliphatic rings. The van der Waals surface area contributed by atoms with Crippen LogP contribution in [0.15, 0.2) is 24.3 Å². The van der Waals surface area contributed by atoms with Crippen molar-refractivity contribution in [2.45, 2.75) is 38.6 Å². The molecule has 1 unspecified atom stereocenters. The highest BCUT2D eigenvalue weighted by Gasteiger charge is 2.27. The number of ether oxygens (including phenoxy) is 2. The maximum atomic E-state index is 11.9. The highest BCUT2D eigenvalue weighted by molar-refractivity contribution is 5.71. The summed E-state index contributed by atoms with van der Waals surface area (Å²) in [6.07, 6.45) is 4.20. The zero-order valence-electron chi connectivity index (χ0n) is 13.0. The van der Waals surface area contributed by atoms with Gasteiger partial charge in [-0.2, -0.15) is 0 Å². The Hall–Kier alpha value is -1.55. The lowest BCUT2D eigenvalue weighted by molar-refractivity contribution is -0.145. The van der Waals surface area contributed by atoms with Crippen molar-refractivity contribution in [2.24, 2.45) is 0 Å². The van der Waals surface area contributed by atoms with Crippen molar-refractivity contribution < 1.29 is 14.3 Å². The van der Waals surface area contributed by atoms with Crippen molar-refractivity contribution in [3.8, 4) is 5.75 Å². The summed E-state index contributed by atoms with van der Waals surface area (Å²) in [5.41, 5.74) is 1.25. The van der Waals surface area contributed by atoms with E-state index >= 15 is 0 Å². The first-order valence-electron chi connectivity index (χ1n) is 7.78. The van der Waals surface area contributed by atoms with E-state index in [1.54, 1.807) is 7.11 Å². The van der Waals surface area contributed by atoms with Gasteiger partial charge in [0, 0.05) is 6.04 Å². The minimum atomic E-state index is -0.108. The largest absolute Gasteiger partial charge is 0.497 e. The molecule has 1 fully saturated rings. The van der Waals surface area contributed by atoms with Gasteiger partial charge in [0.1, 0.15) is 5.75 Å². The number of methoxy groups -OCH3 is 1. The van der Waals surface area contributed by atoms with Crippen molar-refractivity contribution in [3.05, 3.63) is 29.8 Å². The number of hydrogen-bond donors (Lipinski definition) is 0. The van der Waals surface area contributed by atoms with E-state index in [4.69, 9.17) is 9.47 Å². The van der Waals surface area contributed by atoms with E-state index in [0.29, 0.717) is 19.2 Å². The van der Waals surface area contributed by atoms with E-state index in [1.807, 2.05) is 12.1 Å². The summed E-state index contributed by atoms with van der Waals surface area (Å²) in [5.74, 6) is 0.756.